The molecule has 0 bridgehead atoms. The minimum Gasteiger partial charge on any atom is -0.383 e. The Balaban J connectivity index is 1.80. The van der Waals surface area contributed by atoms with Crippen molar-refractivity contribution in [2.75, 3.05) is 5.32 Å². The fraction of sp³-hybridized carbons (Fsp3) is 0.625. The largest absolute Gasteiger partial charge is 0.383 e. The molecule has 1 aliphatic rings. The Morgan fingerprint density at radius 3 is 2.47 bits per heavy atom. The van der Waals surface area contributed by atoms with Crippen LogP contribution in [0.15, 0.2) is 24.3 Å². The predicted molar refractivity (Wildman–Crippen MR) is 75.5 cm³/mol. The Morgan fingerprint density at radius 1 is 1.24 bits per heavy atom. The van der Waals surface area contributed by atoms with Crippen molar-refractivity contribution >= 4 is 5.69 Å². The van der Waals surface area contributed by atoms with E-state index in [0.29, 0.717) is 6.04 Å². The van der Waals surface area contributed by atoms with Crippen LogP contribution in [-0.2, 0) is 6.42 Å². The van der Waals surface area contributed by atoms with Gasteiger partial charge in [0.1, 0.15) is 0 Å². The molecule has 1 aromatic rings. The first-order valence-electron chi connectivity index (χ1n) is 7.13. The number of benzene rings is 1. The molecule has 0 aliphatic heterocycles. The van der Waals surface area contributed by atoms with Crippen molar-refractivity contribution in [1.29, 1.82) is 0 Å². The van der Waals surface area contributed by atoms with Crippen LogP contribution >= 0.6 is 0 Å². The summed E-state index contributed by atoms with van der Waals surface area (Å²) in [6.07, 6.45) is 8.09. The summed E-state index contributed by atoms with van der Waals surface area (Å²) < 4.78 is 0. The average molecular weight is 231 g/mol. The van der Waals surface area contributed by atoms with Crippen LogP contribution in [0.3, 0.4) is 0 Å². The first kappa shape index (κ1) is 12.5. The molecule has 1 unspecified atom stereocenters. The highest BCUT2D eigenvalue weighted by Gasteiger charge is 2.19. The van der Waals surface area contributed by atoms with Crippen molar-refractivity contribution in [3.63, 3.8) is 0 Å². The maximum atomic E-state index is 3.61. The Morgan fingerprint density at radius 2 is 1.94 bits per heavy atom. The molecule has 1 N–H and O–H groups in total. The maximum Gasteiger partial charge on any atom is 0.0342 e. The second-order valence-corrected chi connectivity index (χ2v) is 5.52. The molecular weight excluding hydrogens is 206 g/mol. The molecule has 0 aromatic heterocycles. The van der Waals surface area contributed by atoms with Crippen molar-refractivity contribution in [2.45, 2.75) is 58.4 Å². The molecule has 1 aromatic carbocycles. The van der Waals surface area contributed by atoms with Crippen LogP contribution in [0.1, 0.15) is 51.5 Å². The maximum absolute atomic E-state index is 3.61. The van der Waals surface area contributed by atoms with E-state index in [2.05, 4.69) is 43.4 Å². The third kappa shape index (κ3) is 3.76. The first-order valence-corrected chi connectivity index (χ1v) is 7.13. The van der Waals surface area contributed by atoms with E-state index >= 15 is 0 Å². The normalized spacial score (nSPS) is 17.5. The molecule has 94 valence electrons. The Hall–Kier alpha value is -0.980. The van der Waals surface area contributed by atoms with Crippen molar-refractivity contribution in [3.05, 3.63) is 29.8 Å². The number of anilines is 1. The van der Waals surface area contributed by atoms with Crippen molar-refractivity contribution in [2.24, 2.45) is 5.92 Å². The summed E-state index contributed by atoms with van der Waals surface area (Å²) in [7, 11) is 0. The van der Waals surface area contributed by atoms with E-state index in [1.807, 2.05) is 0 Å². The molecular formula is C16H25N. The van der Waals surface area contributed by atoms with E-state index in [9.17, 15) is 0 Å². The van der Waals surface area contributed by atoms with E-state index in [-0.39, 0.29) is 0 Å². The standard InChI is InChI=1S/C16H25N/c1-3-5-14-8-10-16(11-9-14)17-13(2)12-15-6-4-7-15/h8-11,13,15,17H,3-7,12H2,1-2H3. The highest BCUT2D eigenvalue weighted by atomic mass is 14.9. The van der Waals surface area contributed by atoms with Crippen molar-refractivity contribution in [3.8, 4) is 0 Å². The van der Waals surface area contributed by atoms with Gasteiger partial charge in [-0.05, 0) is 43.4 Å². The molecule has 1 heteroatoms. The van der Waals surface area contributed by atoms with E-state index < -0.39 is 0 Å². The summed E-state index contributed by atoms with van der Waals surface area (Å²) in [5.41, 5.74) is 2.72. The van der Waals surface area contributed by atoms with Crippen LogP contribution in [-0.4, -0.2) is 6.04 Å². The van der Waals surface area contributed by atoms with Crippen LogP contribution in [0.25, 0.3) is 0 Å². The van der Waals surface area contributed by atoms with E-state index in [4.69, 9.17) is 0 Å². The average Bonchev–Trinajstić information content (AvgIpc) is 2.27. The molecule has 0 heterocycles. The fourth-order valence-electron chi connectivity index (χ4n) is 2.63. The zero-order chi connectivity index (χ0) is 12.1. The molecule has 0 spiro atoms. The van der Waals surface area contributed by atoms with Gasteiger partial charge in [-0.15, -0.1) is 0 Å². The quantitative estimate of drug-likeness (QED) is 0.752. The summed E-state index contributed by atoms with van der Waals surface area (Å²) in [4.78, 5) is 0. The molecule has 1 nitrogen and oxygen atoms in total. The summed E-state index contributed by atoms with van der Waals surface area (Å²) in [6.45, 7) is 4.53. The third-order valence-corrected chi connectivity index (χ3v) is 3.82. The predicted octanol–water partition coefficient (Wildman–Crippen LogP) is 4.63. The summed E-state index contributed by atoms with van der Waals surface area (Å²) >= 11 is 0. The zero-order valence-electron chi connectivity index (χ0n) is 11.2. The molecule has 1 saturated carbocycles. The fourth-order valence-corrected chi connectivity index (χ4v) is 2.63. The minimum absolute atomic E-state index is 0.609. The Kier molecular flexibility index (Phi) is 4.47. The van der Waals surface area contributed by atoms with Crippen molar-refractivity contribution in [1.82, 2.24) is 0 Å². The van der Waals surface area contributed by atoms with Gasteiger partial charge < -0.3 is 5.32 Å². The van der Waals surface area contributed by atoms with Gasteiger partial charge in [-0.1, -0.05) is 44.7 Å². The number of aryl methyl sites for hydroxylation is 1. The van der Waals surface area contributed by atoms with Gasteiger partial charge in [-0.2, -0.15) is 0 Å². The second-order valence-electron chi connectivity index (χ2n) is 5.52. The van der Waals surface area contributed by atoms with Gasteiger partial charge in [0.25, 0.3) is 0 Å². The van der Waals surface area contributed by atoms with Crippen molar-refractivity contribution < 1.29 is 0 Å². The molecule has 17 heavy (non-hydrogen) atoms. The second kappa shape index (κ2) is 6.09. The number of hydrogen-bond donors (Lipinski definition) is 1. The highest BCUT2D eigenvalue weighted by Crippen LogP contribution is 2.31. The Labute approximate surface area is 106 Å². The van der Waals surface area contributed by atoms with E-state index in [1.54, 1.807) is 0 Å². The van der Waals surface area contributed by atoms with Gasteiger partial charge in [0, 0.05) is 11.7 Å². The van der Waals surface area contributed by atoms with Gasteiger partial charge in [-0.3, -0.25) is 0 Å². The summed E-state index contributed by atoms with van der Waals surface area (Å²) in [5, 5.41) is 3.61. The molecule has 1 aliphatic carbocycles. The lowest BCUT2D eigenvalue weighted by Crippen LogP contribution is -2.23. The van der Waals surface area contributed by atoms with Crippen LogP contribution < -0.4 is 5.32 Å². The van der Waals surface area contributed by atoms with Gasteiger partial charge in [0.15, 0.2) is 0 Å². The number of hydrogen-bond acceptors (Lipinski definition) is 1. The van der Waals surface area contributed by atoms with Crippen LogP contribution in [0.5, 0.6) is 0 Å². The SMILES string of the molecule is CCCc1ccc(NC(C)CC2CCC2)cc1. The molecule has 1 fully saturated rings. The molecule has 2 rings (SSSR count). The summed E-state index contributed by atoms with van der Waals surface area (Å²) in [5.74, 6) is 0.983. The lowest BCUT2D eigenvalue weighted by Gasteiger charge is -2.28. The van der Waals surface area contributed by atoms with Gasteiger partial charge >= 0.3 is 0 Å². The van der Waals surface area contributed by atoms with Gasteiger partial charge in [0.2, 0.25) is 0 Å². The van der Waals surface area contributed by atoms with E-state index in [1.165, 1.54) is 49.8 Å². The lowest BCUT2D eigenvalue weighted by atomic mass is 9.81. The van der Waals surface area contributed by atoms with E-state index in [0.717, 1.165) is 5.92 Å². The topological polar surface area (TPSA) is 12.0 Å². The van der Waals surface area contributed by atoms with Gasteiger partial charge in [-0.25, -0.2) is 0 Å². The number of rotatable bonds is 6. The zero-order valence-corrected chi connectivity index (χ0v) is 11.2. The molecule has 0 amide bonds. The van der Waals surface area contributed by atoms with Gasteiger partial charge in [0.05, 0.1) is 0 Å². The molecule has 1 atom stereocenters. The lowest BCUT2D eigenvalue weighted by molar-refractivity contribution is 0.286. The van der Waals surface area contributed by atoms with Crippen LogP contribution in [0.4, 0.5) is 5.69 Å². The third-order valence-electron chi connectivity index (χ3n) is 3.82. The highest BCUT2D eigenvalue weighted by molar-refractivity contribution is 5.45. The summed E-state index contributed by atoms with van der Waals surface area (Å²) in [6, 6.07) is 9.56. The van der Waals surface area contributed by atoms with Crippen LogP contribution in [0, 0.1) is 5.92 Å². The number of nitrogens with one attached hydrogen (secondary N) is 1. The van der Waals surface area contributed by atoms with Crippen LogP contribution in [0.2, 0.25) is 0 Å². The smallest absolute Gasteiger partial charge is 0.0342 e. The monoisotopic (exact) mass is 231 g/mol. The Bertz CT molecular complexity index is 324. The molecule has 0 radical (unpaired) electrons. The minimum atomic E-state index is 0.609. The molecule has 0 saturated heterocycles. The first-order chi connectivity index (χ1) is 8.28.